The van der Waals surface area contributed by atoms with Gasteiger partial charge in [-0.1, -0.05) is 41.9 Å². The molecule has 0 radical (unpaired) electrons. The van der Waals surface area contributed by atoms with E-state index in [0.717, 1.165) is 27.8 Å². The van der Waals surface area contributed by atoms with Gasteiger partial charge in [0.15, 0.2) is 0 Å². The monoisotopic (exact) mass is 443 g/mol. The van der Waals surface area contributed by atoms with Gasteiger partial charge in [0, 0.05) is 29.8 Å². The minimum Gasteiger partial charge on any atom is -0.326 e. The summed E-state index contributed by atoms with van der Waals surface area (Å²) in [6.45, 7) is 3.40. The van der Waals surface area contributed by atoms with Crippen LogP contribution >= 0.6 is 11.6 Å². The lowest BCUT2D eigenvalue weighted by Gasteiger charge is -2.15. The van der Waals surface area contributed by atoms with Crippen LogP contribution in [-0.4, -0.2) is 16.8 Å². The Morgan fingerprint density at radius 2 is 1.78 bits per heavy atom. The van der Waals surface area contributed by atoms with E-state index in [1.165, 1.54) is 6.92 Å². The number of fused-ring (bicyclic) bond motifs is 1. The number of nitrogens with zero attached hydrogens (tertiary/aromatic N) is 1. The number of halogens is 1. The highest BCUT2D eigenvalue weighted by Gasteiger charge is 2.17. The molecule has 2 amide bonds. The first-order valence-electron chi connectivity index (χ1n) is 10.2. The van der Waals surface area contributed by atoms with Crippen LogP contribution in [0.5, 0.6) is 0 Å². The van der Waals surface area contributed by atoms with Gasteiger partial charge in [-0.15, -0.1) is 0 Å². The maximum absolute atomic E-state index is 13.4. The van der Waals surface area contributed by atoms with Crippen molar-refractivity contribution in [1.82, 2.24) is 4.98 Å². The van der Waals surface area contributed by atoms with Gasteiger partial charge < -0.3 is 10.6 Å². The normalized spacial score (nSPS) is 10.7. The van der Waals surface area contributed by atoms with E-state index in [9.17, 15) is 9.59 Å². The van der Waals surface area contributed by atoms with Gasteiger partial charge in [-0.3, -0.25) is 14.6 Å². The van der Waals surface area contributed by atoms with Crippen LogP contribution in [0.4, 0.5) is 11.4 Å². The summed E-state index contributed by atoms with van der Waals surface area (Å²) in [4.78, 5) is 29.1. The van der Waals surface area contributed by atoms with Crippen LogP contribution < -0.4 is 10.6 Å². The van der Waals surface area contributed by atoms with Crippen molar-refractivity contribution in [1.29, 1.82) is 0 Å². The molecule has 0 aliphatic rings. The van der Waals surface area contributed by atoms with Crippen molar-refractivity contribution in [3.63, 3.8) is 0 Å². The molecule has 0 fully saturated rings. The molecule has 0 bridgehead atoms. The molecular weight excluding hydrogens is 422 g/mol. The van der Waals surface area contributed by atoms with Crippen LogP contribution in [0.2, 0.25) is 5.02 Å². The zero-order valence-electron chi connectivity index (χ0n) is 17.8. The fraction of sp³-hybridized carbons (Fsp3) is 0.115. The number of amides is 2. The molecule has 0 unspecified atom stereocenters. The summed E-state index contributed by atoms with van der Waals surface area (Å²) in [5.41, 5.74) is 5.37. The summed E-state index contributed by atoms with van der Waals surface area (Å²) in [6.07, 6.45) is 2.23. The lowest BCUT2D eigenvalue weighted by Crippen LogP contribution is -2.16. The minimum absolute atomic E-state index is 0.124. The number of pyridine rings is 1. The maximum atomic E-state index is 13.4. The molecule has 3 aromatic carbocycles. The van der Waals surface area contributed by atoms with Gasteiger partial charge in [-0.05, 0) is 66.4 Å². The van der Waals surface area contributed by atoms with Crippen molar-refractivity contribution in [2.24, 2.45) is 0 Å². The molecule has 32 heavy (non-hydrogen) atoms. The summed E-state index contributed by atoms with van der Waals surface area (Å²) in [7, 11) is 0. The molecule has 0 spiro atoms. The number of carbonyl (C=O) groups excluding carboxylic acids is 2. The third-order valence-corrected chi connectivity index (χ3v) is 5.52. The standard InChI is InChI=1S/C26H22ClN3O2/c1-16-6-3-8-19(14-18-7-4-9-20(15-18)29-17(2)31)24(16)26(32)30-23-12-11-22(27)21-10-5-13-28-25(21)23/h3-13,15H,14H2,1-2H3,(H,29,31)(H,30,32). The Labute approximate surface area is 191 Å². The van der Waals surface area contributed by atoms with Crippen molar-refractivity contribution < 1.29 is 9.59 Å². The van der Waals surface area contributed by atoms with E-state index >= 15 is 0 Å². The quantitative estimate of drug-likeness (QED) is 0.397. The van der Waals surface area contributed by atoms with Crippen LogP contribution in [0.15, 0.2) is 72.9 Å². The van der Waals surface area contributed by atoms with E-state index in [4.69, 9.17) is 11.6 Å². The Hall–Kier alpha value is -3.70. The van der Waals surface area contributed by atoms with Gasteiger partial charge in [0.1, 0.15) is 0 Å². The Bertz CT molecular complexity index is 1330. The van der Waals surface area contributed by atoms with E-state index < -0.39 is 0 Å². The number of aryl methyl sites for hydroxylation is 1. The lowest BCUT2D eigenvalue weighted by molar-refractivity contribution is -0.114. The maximum Gasteiger partial charge on any atom is 0.256 e. The second kappa shape index (κ2) is 9.20. The van der Waals surface area contributed by atoms with Crippen LogP contribution in [0.25, 0.3) is 10.9 Å². The van der Waals surface area contributed by atoms with Crippen molar-refractivity contribution in [3.8, 4) is 0 Å². The predicted octanol–water partition coefficient (Wildman–Crippen LogP) is 6.00. The second-order valence-electron chi connectivity index (χ2n) is 7.62. The average molecular weight is 444 g/mol. The number of anilines is 2. The highest BCUT2D eigenvalue weighted by atomic mass is 35.5. The Kier molecular flexibility index (Phi) is 6.19. The van der Waals surface area contributed by atoms with Gasteiger partial charge in [-0.2, -0.15) is 0 Å². The van der Waals surface area contributed by atoms with Gasteiger partial charge in [0.25, 0.3) is 5.91 Å². The van der Waals surface area contributed by atoms with E-state index in [2.05, 4.69) is 15.6 Å². The molecule has 1 aromatic heterocycles. The minimum atomic E-state index is -0.203. The van der Waals surface area contributed by atoms with Crippen LogP contribution in [0, 0.1) is 6.92 Å². The number of aromatic nitrogens is 1. The molecule has 0 saturated heterocycles. The molecule has 5 nitrogen and oxygen atoms in total. The number of carbonyl (C=O) groups is 2. The van der Waals surface area contributed by atoms with E-state index in [-0.39, 0.29) is 11.8 Å². The van der Waals surface area contributed by atoms with Crippen molar-refractivity contribution in [2.45, 2.75) is 20.3 Å². The number of hydrogen-bond donors (Lipinski definition) is 2. The molecule has 160 valence electrons. The smallest absolute Gasteiger partial charge is 0.256 e. The molecule has 2 N–H and O–H groups in total. The third kappa shape index (κ3) is 4.63. The van der Waals surface area contributed by atoms with Gasteiger partial charge in [0.2, 0.25) is 5.91 Å². The summed E-state index contributed by atoms with van der Waals surface area (Å²) in [6, 6.07) is 20.7. The van der Waals surface area contributed by atoms with Crippen molar-refractivity contribution >= 4 is 45.7 Å². The average Bonchev–Trinajstić information content (AvgIpc) is 2.76. The molecule has 0 aliphatic carbocycles. The Morgan fingerprint density at radius 3 is 2.59 bits per heavy atom. The number of hydrogen-bond acceptors (Lipinski definition) is 3. The number of nitrogens with one attached hydrogen (secondary N) is 2. The number of benzene rings is 3. The second-order valence-corrected chi connectivity index (χ2v) is 8.02. The van der Waals surface area contributed by atoms with Gasteiger partial charge in [-0.25, -0.2) is 0 Å². The lowest BCUT2D eigenvalue weighted by atomic mass is 9.95. The molecule has 0 aliphatic heterocycles. The molecular formula is C26H22ClN3O2. The highest BCUT2D eigenvalue weighted by molar-refractivity contribution is 6.36. The third-order valence-electron chi connectivity index (χ3n) is 5.19. The van der Waals surface area contributed by atoms with Gasteiger partial charge in [0.05, 0.1) is 16.2 Å². The van der Waals surface area contributed by atoms with Crippen LogP contribution in [0.3, 0.4) is 0 Å². The van der Waals surface area contributed by atoms with Crippen molar-refractivity contribution in [2.75, 3.05) is 10.6 Å². The van der Waals surface area contributed by atoms with Gasteiger partial charge >= 0.3 is 0 Å². The van der Waals surface area contributed by atoms with Crippen LogP contribution in [-0.2, 0) is 11.2 Å². The fourth-order valence-corrected chi connectivity index (χ4v) is 4.02. The van der Waals surface area contributed by atoms with E-state index in [0.29, 0.717) is 28.2 Å². The Balaban J connectivity index is 1.66. The highest BCUT2D eigenvalue weighted by Crippen LogP contribution is 2.29. The molecule has 4 rings (SSSR count). The zero-order valence-corrected chi connectivity index (χ0v) is 18.5. The van der Waals surface area contributed by atoms with Crippen molar-refractivity contribution in [3.05, 3.63) is 100 Å². The first-order chi connectivity index (χ1) is 15.4. The topological polar surface area (TPSA) is 71.1 Å². The number of rotatable bonds is 5. The Morgan fingerprint density at radius 1 is 0.969 bits per heavy atom. The van der Waals surface area contributed by atoms with E-state index in [1.54, 1.807) is 18.3 Å². The largest absolute Gasteiger partial charge is 0.326 e. The fourth-order valence-electron chi connectivity index (χ4n) is 3.81. The summed E-state index contributed by atoms with van der Waals surface area (Å²) >= 11 is 6.29. The predicted molar refractivity (Wildman–Crippen MR) is 129 cm³/mol. The van der Waals surface area contributed by atoms with Crippen LogP contribution in [0.1, 0.15) is 34.0 Å². The molecule has 0 saturated carbocycles. The van der Waals surface area contributed by atoms with E-state index in [1.807, 2.05) is 61.5 Å². The summed E-state index contributed by atoms with van der Waals surface area (Å²) < 4.78 is 0. The molecule has 0 atom stereocenters. The SMILES string of the molecule is CC(=O)Nc1cccc(Cc2cccc(C)c2C(=O)Nc2ccc(Cl)c3cccnc23)c1. The summed E-state index contributed by atoms with van der Waals surface area (Å²) in [5, 5.41) is 7.18. The first-order valence-corrected chi connectivity index (χ1v) is 10.6. The molecule has 1 heterocycles. The molecule has 6 heteroatoms. The first kappa shape index (κ1) is 21.5. The zero-order chi connectivity index (χ0) is 22.7. The molecule has 4 aromatic rings. The summed E-state index contributed by atoms with van der Waals surface area (Å²) in [5.74, 6) is -0.327.